The SMILES string of the molecule is CCN(CC)S(=O)(=O)NCCNC(=O)Cc1cccc(F)c1. The van der Waals surface area contributed by atoms with Gasteiger partial charge in [0, 0.05) is 26.2 Å². The predicted molar refractivity (Wildman–Crippen MR) is 83.0 cm³/mol. The maximum Gasteiger partial charge on any atom is 0.279 e. The minimum Gasteiger partial charge on any atom is -0.354 e. The van der Waals surface area contributed by atoms with Crippen molar-refractivity contribution in [1.29, 1.82) is 0 Å². The van der Waals surface area contributed by atoms with Crippen molar-refractivity contribution in [2.45, 2.75) is 20.3 Å². The van der Waals surface area contributed by atoms with E-state index < -0.39 is 16.0 Å². The highest BCUT2D eigenvalue weighted by Gasteiger charge is 2.17. The molecule has 1 amide bonds. The van der Waals surface area contributed by atoms with Crippen LogP contribution in [0.5, 0.6) is 0 Å². The molecule has 0 aliphatic carbocycles. The van der Waals surface area contributed by atoms with Crippen LogP contribution >= 0.6 is 0 Å². The molecular formula is C14H22FN3O3S. The van der Waals surface area contributed by atoms with Crippen molar-refractivity contribution in [2.75, 3.05) is 26.2 Å². The Kier molecular flexibility index (Phi) is 7.43. The lowest BCUT2D eigenvalue weighted by Crippen LogP contribution is -2.43. The van der Waals surface area contributed by atoms with Crippen molar-refractivity contribution in [3.63, 3.8) is 0 Å². The fourth-order valence-corrected chi connectivity index (χ4v) is 3.15. The van der Waals surface area contributed by atoms with Crippen LogP contribution in [0.3, 0.4) is 0 Å². The number of rotatable bonds is 9. The van der Waals surface area contributed by atoms with Crippen LogP contribution in [0.25, 0.3) is 0 Å². The molecule has 0 spiro atoms. The minimum atomic E-state index is -3.50. The van der Waals surface area contributed by atoms with Gasteiger partial charge in [0.25, 0.3) is 10.2 Å². The third kappa shape index (κ3) is 6.08. The summed E-state index contributed by atoms with van der Waals surface area (Å²) in [5.74, 6) is -0.676. The van der Waals surface area contributed by atoms with E-state index in [9.17, 15) is 17.6 Å². The first-order valence-electron chi connectivity index (χ1n) is 7.15. The summed E-state index contributed by atoms with van der Waals surface area (Å²) in [7, 11) is -3.50. The zero-order valence-electron chi connectivity index (χ0n) is 12.8. The highest BCUT2D eigenvalue weighted by atomic mass is 32.2. The zero-order chi connectivity index (χ0) is 16.6. The van der Waals surface area contributed by atoms with E-state index >= 15 is 0 Å². The van der Waals surface area contributed by atoms with E-state index in [0.29, 0.717) is 18.7 Å². The second kappa shape index (κ2) is 8.82. The highest BCUT2D eigenvalue weighted by molar-refractivity contribution is 7.87. The Balaban J connectivity index is 2.34. The monoisotopic (exact) mass is 331 g/mol. The maximum atomic E-state index is 13.0. The van der Waals surface area contributed by atoms with Gasteiger partial charge in [-0.05, 0) is 17.7 Å². The molecule has 0 heterocycles. The molecule has 1 aromatic rings. The number of hydrogen-bond acceptors (Lipinski definition) is 3. The van der Waals surface area contributed by atoms with E-state index in [1.54, 1.807) is 19.9 Å². The Morgan fingerprint density at radius 2 is 1.91 bits per heavy atom. The van der Waals surface area contributed by atoms with Crippen molar-refractivity contribution >= 4 is 16.1 Å². The van der Waals surface area contributed by atoms with Crippen molar-refractivity contribution in [3.05, 3.63) is 35.6 Å². The summed E-state index contributed by atoms with van der Waals surface area (Å²) >= 11 is 0. The zero-order valence-corrected chi connectivity index (χ0v) is 13.6. The first-order chi connectivity index (χ1) is 10.4. The molecule has 22 heavy (non-hydrogen) atoms. The molecule has 2 N–H and O–H groups in total. The molecule has 0 aliphatic rings. The van der Waals surface area contributed by atoms with Gasteiger partial charge in [-0.2, -0.15) is 12.7 Å². The van der Waals surface area contributed by atoms with Gasteiger partial charge in [-0.15, -0.1) is 0 Å². The van der Waals surface area contributed by atoms with E-state index in [2.05, 4.69) is 10.0 Å². The summed E-state index contributed by atoms with van der Waals surface area (Å²) in [5.41, 5.74) is 0.571. The molecule has 0 saturated carbocycles. The topological polar surface area (TPSA) is 78.5 Å². The van der Waals surface area contributed by atoms with Crippen LogP contribution < -0.4 is 10.0 Å². The molecule has 8 heteroatoms. The molecule has 0 saturated heterocycles. The van der Waals surface area contributed by atoms with Crippen LogP contribution in [-0.2, 0) is 21.4 Å². The van der Waals surface area contributed by atoms with Crippen LogP contribution in [0.1, 0.15) is 19.4 Å². The Bertz CT molecular complexity index is 589. The van der Waals surface area contributed by atoms with Gasteiger partial charge in [0.2, 0.25) is 5.91 Å². The van der Waals surface area contributed by atoms with Crippen LogP contribution in [0.4, 0.5) is 4.39 Å². The number of halogens is 1. The number of hydrogen-bond donors (Lipinski definition) is 2. The predicted octanol–water partition coefficient (Wildman–Crippen LogP) is 0.661. The Morgan fingerprint density at radius 1 is 1.23 bits per heavy atom. The van der Waals surface area contributed by atoms with Gasteiger partial charge >= 0.3 is 0 Å². The molecule has 0 unspecified atom stereocenters. The molecule has 0 radical (unpaired) electrons. The molecule has 1 rings (SSSR count). The number of nitrogens with zero attached hydrogens (tertiary/aromatic N) is 1. The summed E-state index contributed by atoms with van der Waals surface area (Å²) in [6, 6.07) is 5.80. The second-order valence-electron chi connectivity index (χ2n) is 4.64. The molecule has 0 atom stereocenters. The summed E-state index contributed by atoms with van der Waals surface area (Å²) in [6.45, 7) is 4.56. The number of amides is 1. The van der Waals surface area contributed by atoms with Crippen molar-refractivity contribution in [3.8, 4) is 0 Å². The quantitative estimate of drug-likeness (QED) is 0.653. The fraction of sp³-hybridized carbons (Fsp3) is 0.500. The average molecular weight is 331 g/mol. The minimum absolute atomic E-state index is 0.0561. The van der Waals surface area contributed by atoms with Gasteiger partial charge in [-0.25, -0.2) is 9.11 Å². The third-order valence-electron chi connectivity index (χ3n) is 3.03. The lowest BCUT2D eigenvalue weighted by molar-refractivity contribution is -0.120. The largest absolute Gasteiger partial charge is 0.354 e. The number of benzene rings is 1. The third-order valence-corrected chi connectivity index (χ3v) is 4.80. The van der Waals surface area contributed by atoms with Crippen LogP contribution in [0, 0.1) is 5.82 Å². The van der Waals surface area contributed by atoms with E-state index in [4.69, 9.17) is 0 Å². The standard InChI is InChI=1S/C14H22FN3O3S/c1-3-18(4-2)22(20,21)17-9-8-16-14(19)11-12-6-5-7-13(15)10-12/h5-7,10,17H,3-4,8-9,11H2,1-2H3,(H,16,19). The van der Waals surface area contributed by atoms with E-state index in [1.165, 1.54) is 22.5 Å². The van der Waals surface area contributed by atoms with Gasteiger partial charge in [0.15, 0.2) is 0 Å². The molecule has 6 nitrogen and oxygen atoms in total. The lowest BCUT2D eigenvalue weighted by Gasteiger charge is -2.18. The summed E-state index contributed by atoms with van der Waals surface area (Å²) in [5, 5.41) is 2.59. The lowest BCUT2D eigenvalue weighted by atomic mass is 10.1. The van der Waals surface area contributed by atoms with Gasteiger partial charge in [0.1, 0.15) is 5.82 Å². The summed E-state index contributed by atoms with van der Waals surface area (Å²) < 4.78 is 40.3. The van der Waals surface area contributed by atoms with Crippen molar-refractivity contribution in [2.24, 2.45) is 0 Å². The summed E-state index contributed by atoms with van der Waals surface area (Å²) in [4.78, 5) is 11.7. The van der Waals surface area contributed by atoms with Gasteiger partial charge < -0.3 is 5.32 Å². The highest BCUT2D eigenvalue weighted by Crippen LogP contribution is 2.03. The Labute approximate surface area is 130 Å². The van der Waals surface area contributed by atoms with E-state index in [-0.39, 0.29) is 25.4 Å². The average Bonchev–Trinajstić information content (AvgIpc) is 2.44. The molecule has 0 bridgehead atoms. The smallest absolute Gasteiger partial charge is 0.279 e. The number of nitrogens with one attached hydrogen (secondary N) is 2. The van der Waals surface area contributed by atoms with Crippen molar-refractivity contribution < 1.29 is 17.6 Å². The van der Waals surface area contributed by atoms with Gasteiger partial charge in [0.05, 0.1) is 6.42 Å². The normalized spacial score (nSPS) is 11.6. The molecule has 124 valence electrons. The number of carbonyl (C=O) groups excluding carboxylic acids is 1. The first-order valence-corrected chi connectivity index (χ1v) is 8.59. The molecule has 1 aromatic carbocycles. The molecular weight excluding hydrogens is 309 g/mol. The Hall–Kier alpha value is -1.51. The van der Waals surface area contributed by atoms with Crippen LogP contribution in [0.2, 0.25) is 0 Å². The fourth-order valence-electron chi connectivity index (χ4n) is 1.93. The summed E-state index contributed by atoms with van der Waals surface area (Å²) in [6.07, 6.45) is 0.0561. The second-order valence-corrected chi connectivity index (χ2v) is 6.40. The Morgan fingerprint density at radius 3 is 2.50 bits per heavy atom. The maximum absolute atomic E-state index is 13.0. The number of carbonyl (C=O) groups is 1. The molecule has 0 aromatic heterocycles. The van der Waals surface area contributed by atoms with E-state index in [1.807, 2.05) is 0 Å². The van der Waals surface area contributed by atoms with Crippen molar-refractivity contribution in [1.82, 2.24) is 14.3 Å². The van der Waals surface area contributed by atoms with Gasteiger partial charge in [-0.1, -0.05) is 26.0 Å². The van der Waals surface area contributed by atoms with Crippen LogP contribution in [-0.4, -0.2) is 44.8 Å². The van der Waals surface area contributed by atoms with Gasteiger partial charge in [-0.3, -0.25) is 4.79 Å². The molecule has 0 aliphatic heterocycles. The van der Waals surface area contributed by atoms with Crippen LogP contribution in [0.15, 0.2) is 24.3 Å². The first kappa shape index (κ1) is 18.5. The molecule has 0 fully saturated rings. The van der Waals surface area contributed by atoms with E-state index in [0.717, 1.165) is 0 Å².